The van der Waals surface area contributed by atoms with Crippen LogP contribution in [0, 0.1) is 29.1 Å². The summed E-state index contributed by atoms with van der Waals surface area (Å²) in [6.07, 6.45) is 8.30. The molecule has 3 atom stereocenters. The molecule has 2 bridgehead atoms. The van der Waals surface area contributed by atoms with Crippen LogP contribution in [0.25, 0.3) is 10.9 Å². The zero-order chi connectivity index (χ0) is 23.3. The second-order valence-electron chi connectivity index (χ2n) is 11.3. The number of anilines is 1. The zero-order valence-corrected chi connectivity index (χ0v) is 20.1. The highest BCUT2D eigenvalue weighted by Gasteiger charge is 2.53. The van der Waals surface area contributed by atoms with E-state index in [1.807, 2.05) is 23.7 Å². The van der Waals surface area contributed by atoms with Crippen LogP contribution in [-0.2, 0) is 11.8 Å². The van der Waals surface area contributed by atoms with E-state index < -0.39 is 5.97 Å². The molecule has 1 aliphatic heterocycles. The lowest BCUT2D eigenvalue weighted by Crippen LogP contribution is -2.54. The Morgan fingerprint density at radius 1 is 1.15 bits per heavy atom. The largest absolute Gasteiger partial charge is 0.478 e. The summed E-state index contributed by atoms with van der Waals surface area (Å²) >= 11 is 0. The summed E-state index contributed by atoms with van der Waals surface area (Å²) in [5, 5.41) is 13.5. The number of nitrogens with one attached hydrogen (secondary N) is 1. The number of piperidine rings is 1. The van der Waals surface area contributed by atoms with Crippen LogP contribution in [0.1, 0.15) is 62.7 Å². The van der Waals surface area contributed by atoms with Crippen molar-refractivity contribution in [2.24, 2.45) is 36.1 Å². The maximum absolute atomic E-state index is 12.7. The summed E-state index contributed by atoms with van der Waals surface area (Å²) in [4.78, 5) is 26.5. The van der Waals surface area contributed by atoms with Gasteiger partial charge < -0.3 is 19.9 Å². The number of aromatic carboxylic acids is 1. The third kappa shape index (κ3) is 4.02. The number of hydrogen-bond donors (Lipinski definition) is 2. The molecule has 0 unspecified atom stereocenters. The Bertz CT molecular complexity index is 1060. The second kappa shape index (κ2) is 8.37. The summed E-state index contributed by atoms with van der Waals surface area (Å²) in [7, 11) is 1.89. The predicted molar refractivity (Wildman–Crippen MR) is 131 cm³/mol. The fourth-order valence-electron chi connectivity index (χ4n) is 6.92. The molecule has 2 N–H and O–H groups in total. The molecule has 3 aliphatic carbocycles. The normalized spacial score (nSPS) is 26.8. The number of carboxylic acid groups (broad SMARTS) is 1. The molecule has 6 rings (SSSR count). The third-order valence-electron chi connectivity index (χ3n) is 9.22. The number of hydrogen-bond acceptors (Lipinski definition) is 3. The summed E-state index contributed by atoms with van der Waals surface area (Å²) in [6.45, 7) is 7.54. The van der Waals surface area contributed by atoms with E-state index in [4.69, 9.17) is 0 Å². The van der Waals surface area contributed by atoms with E-state index in [-0.39, 0.29) is 5.91 Å². The van der Waals surface area contributed by atoms with Crippen LogP contribution in [0.2, 0.25) is 0 Å². The first-order valence-electron chi connectivity index (χ1n) is 12.6. The Morgan fingerprint density at radius 3 is 2.58 bits per heavy atom. The minimum Gasteiger partial charge on any atom is -0.478 e. The number of amides is 1. The number of aryl methyl sites for hydroxylation is 1. The molecule has 1 aromatic carbocycles. The van der Waals surface area contributed by atoms with Crippen molar-refractivity contribution >= 4 is 28.5 Å². The topological polar surface area (TPSA) is 74.6 Å². The van der Waals surface area contributed by atoms with Gasteiger partial charge in [0.1, 0.15) is 0 Å². The van der Waals surface area contributed by atoms with Gasteiger partial charge in [-0.05, 0) is 79.4 Å². The van der Waals surface area contributed by atoms with Gasteiger partial charge in [-0.2, -0.15) is 0 Å². The number of rotatable bonds is 6. The molecule has 1 amide bonds. The minimum absolute atomic E-state index is 0.221. The molecule has 1 saturated heterocycles. The Hall–Kier alpha value is -2.50. The molecule has 6 heteroatoms. The van der Waals surface area contributed by atoms with Crippen LogP contribution in [-0.4, -0.2) is 41.2 Å². The number of carbonyl (C=O) groups is 2. The lowest BCUT2D eigenvalue weighted by molar-refractivity contribution is -0.125. The number of aromatic nitrogens is 1. The van der Waals surface area contributed by atoms with Crippen molar-refractivity contribution < 1.29 is 14.7 Å². The molecule has 178 valence electrons. The van der Waals surface area contributed by atoms with Gasteiger partial charge in [-0.25, -0.2) is 4.79 Å². The van der Waals surface area contributed by atoms with Crippen LogP contribution in [0.5, 0.6) is 0 Å². The van der Waals surface area contributed by atoms with Gasteiger partial charge in [0.2, 0.25) is 5.91 Å². The van der Waals surface area contributed by atoms with Crippen LogP contribution in [0.3, 0.4) is 0 Å². The maximum Gasteiger partial charge on any atom is 0.337 e. The van der Waals surface area contributed by atoms with Gasteiger partial charge in [-0.3, -0.25) is 4.79 Å². The van der Waals surface area contributed by atoms with E-state index in [0.717, 1.165) is 60.9 Å². The molecule has 6 nitrogen and oxygen atoms in total. The molecule has 2 aromatic rings. The fraction of sp³-hybridized carbons (Fsp3) is 0.630. The Labute approximate surface area is 196 Å². The van der Waals surface area contributed by atoms with Gasteiger partial charge in [0.15, 0.2) is 0 Å². The first kappa shape index (κ1) is 22.3. The third-order valence-corrected chi connectivity index (χ3v) is 9.22. The summed E-state index contributed by atoms with van der Waals surface area (Å²) in [6, 6.07) is 6.04. The van der Waals surface area contributed by atoms with E-state index in [1.54, 1.807) is 6.20 Å². The second-order valence-corrected chi connectivity index (χ2v) is 11.3. The van der Waals surface area contributed by atoms with E-state index in [2.05, 4.69) is 30.1 Å². The maximum atomic E-state index is 12.7. The average Bonchev–Trinajstić information content (AvgIpc) is 3.14. The van der Waals surface area contributed by atoms with E-state index in [9.17, 15) is 14.7 Å². The van der Waals surface area contributed by atoms with E-state index in [1.165, 1.54) is 19.3 Å². The Balaban J connectivity index is 1.12. The number of carbonyl (C=O) groups excluding carboxylic acids is 1. The summed E-state index contributed by atoms with van der Waals surface area (Å²) < 4.78 is 1.89. The van der Waals surface area contributed by atoms with Crippen molar-refractivity contribution in [3.05, 3.63) is 30.0 Å². The molecule has 4 aliphatic rings. The monoisotopic (exact) mass is 451 g/mol. The standard InChI is InChI=1S/C27H37N3O3/c1-27(2)19-5-4-18(23(27)13-19)15-28-25(31)12-17-8-10-30(11-9-17)20-6-7-21-22(26(32)33)16-29(3)24(21)14-20/h6-7,14,16-19,23H,4-5,8-13,15H2,1-3H3,(H,28,31)(H,32,33)/t18-,19-,23-/m0/s1. The zero-order valence-electron chi connectivity index (χ0n) is 20.1. The van der Waals surface area contributed by atoms with Gasteiger partial charge in [-0.1, -0.05) is 13.8 Å². The Kier molecular flexibility index (Phi) is 5.66. The van der Waals surface area contributed by atoms with Crippen LogP contribution < -0.4 is 10.2 Å². The van der Waals surface area contributed by atoms with Gasteiger partial charge in [0, 0.05) is 50.4 Å². The van der Waals surface area contributed by atoms with Crippen molar-refractivity contribution in [2.45, 2.75) is 52.4 Å². The molecule has 4 fully saturated rings. The quantitative estimate of drug-likeness (QED) is 0.669. The van der Waals surface area contributed by atoms with Gasteiger partial charge in [0.05, 0.1) is 11.1 Å². The number of benzene rings is 1. The van der Waals surface area contributed by atoms with E-state index >= 15 is 0 Å². The van der Waals surface area contributed by atoms with Gasteiger partial charge in [-0.15, -0.1) is 0 Å². The van der Waals surface area contributed by atoms with E-state index in [0.29, 0.717) is 29.2 Å². The molecular formula is C27H37N3O3. The highest BCUT2D eigenvalue weighted by Crippen LogP contribution is 2.61. The van der Waals surface area contributed by atoms with Crippen LogP contribution in [0.4, 0.5) is 5.69 Å². The van der Waals surface area contributed by atoms with Crippen LogP contribution >= 0.6 is 0 Å². The molecule has 0 radical (unpaired) electrons. The molecule has 33 heavy (non-hydrogen) atoms. The molecule has 3 saturated carbocycles. The smallest absolute Gasteiger partial charge is 0.337 e. The molecular weight excluding hydrogens is 414 g/mol. The Morgan fingerprint density at radius 2 is 1.91 bits per heavy atom. The predicted octanol–water partition coefficient (Wildman–Crippen LogP) is 4.67. The van der Waals surface area contributed by atoms with Crippen molar-refractivity contribution in [3.8, 4) is 0 Å². The number of carboxylic acids is 1. The van der Waals surface area contributed by atoms with Crippen molar-refractivity contribution in [2.75, 3.05) is 24.5 Å². The highest BCUT2D eigenvalue weighted by atomic mass is 16.4. The lowest BCUT2D eigenvalue weighted by Gasteiger charge is -2.60. The molecule has 2 heterocycles. The highest BCUT2D eigenvalue weighted by molar-refractivity contribution is 6.04. The summed E-state index contributed by atoms with van der Waals surface area (Å²) in [5.74, 6) is 2.11. The van der Waals surface area contributed by atoms with Gasteiger partial charge >= 0.3 is 5.97 Å². The number of fused-ring (bicyclic) bond motifs is 3. The van der Waals surface area contributed by atoms with Gasteiger partial charge in [0.25, 0.3) is 0 Å². The first-order valence-corrected chi connectivity index (χ1v) is 12.6. The van der Waals surface area contributed by atoms with Crippen molar-refractivity contribution in [1.29, 1.82) is 0 Å². The number of nitrogens with zero attached hydrogens (tertiary/aromatic N) is 2. The van der Waals surface area contributed by atoms with Crippen molar-refractivity contribution in [3.63, 3.8) is 0 Å². The average molecular weight is 452 g/mol. The molecule has 1 aromatic heterocycles. The summed E-state index contributed by atoms with van der Waals surface area (Å²) in [5.41, 5.74) is 2.88. The SMILES string of the molecule is Cn1cc(C(=O)O)c2ccc(N3CCC(CC(=O)NC[C@@H]4CC[C@H]5C[C@@H]4C5(C)C)CC3)cc21. The first-order chi connectivity index (χ1) is 15.7. The lowest BCUT2D eigenvalue weighted by atomic mass is 9.45. The van der Waals surface area contributed by atoms with Crippen LogP contribution in [0.15, 0.2) is 24.4 Å². The molecule has 0 spiro atoms. The fourth-order valence-corrected chi connectivity index (χ4v) is 6.92. The van der Waals surface area contributed by atoms with Crippen molar-refractivity contribution in [1.82, 2.24) is 9.88 Å². The minimum atomic E-state index is -0.892.